The van der Waals surface area contributed by atoms with Gasteiger partial charge in [-0.2, -0.15) is 0 Å². The molecule has 0 aromatic carbocycles. The number of nitrogens with one attached hydrogen (secondary N) is 1. The van der Waals surface area contributed by atoms with Crippen molar-refractivity contribution >= 4 is 11.5 Å². The minimum Gasteiger partial charge on any atom is -0.386 e. The van der Waals surface area contributed by atoms with Crippen LogP contribution in [0.1, 0.15) is 0 Å². The number of hydrogen-bond acceptors (Lipinski definition) is 3. The molecule has 0 aliphatic heterocycles. The quantitative estimate of drug-likeness (QED) is 0.649. The summed E-state index contributed by atoms with van der Waals surface area (Å²) in [5.41, 5.74) is 0.982. The van der Waals surface area contributed by atoms with Gasteiger partial charge < -0.3 is 5.32 Å². The number of fused-ring (bicyclic) bond motifs is 1. The summed E-state index contributed by atoms with van der Waals surface area (Å²) in [7, 11) is 1.86. The summed E-state index contributed by atoms with van der Waals surface area (Å²) in [6.07, 6.45) is 7.28. The maximum absolute atomic E-state index is 4.10. The van der Waals surface area contributed by atoms with Gasteiger partial charge in [0, 0.05) is 25.6 Å². The van der Waals surface area contributed by atoms with E-state index in [2.05, 4.69) is 15.3 Å². The van der Waals surface area contributed by atoms with Gasteiger partial charge in [-0.25, -0.2) is 9.97 Å². The molecule has 0 saturated carbocycles. The fraction of sp³-hybridized carbons (Fsp3) is 0.143. The maximum Gasteiger partial charge on any atom is 0.233 e. The number of anilines is 1. The Kier molecular flexibility index (Phi) is 1.25. The first-order valence-electron chi connectivity index (χ1n) is 3.36. The van der Waals surface area contributed by atoms with Gasteiger partial charge in [-0.15, -0.1) is 0 Å². The summed E-state index contributed by atoms with van der Waals surface area (Å²) >= 11 is 0. The average Bonchev–Trinajstić information content (AvgIpc) is 2.50. The van der Waals surface area contributed by atoms with Crippen LogP contribution in [0.2, 0.25) is 0 Å². The Morgan fingerprint density at radius 2 is 2.36 bits per heavy atom. The molecule has 4 nitrogen and oxygen atoms in total. The highest BCUT2D eigenvalue weighted by molar-refractivity contribution is 5.42. The summed E-state index contributed by atoms with van der Waals surface area (Å²) < 4.78 is 1.87. The Morgan fingerprint density at radius 1 is 1.45 bits per heavy atom. The number of aromatic nitrogens is 3. The van der Waals surface area contributed by atoms with E-state index < -0.39 is 0 Å². The average molecular weight is 148 g/mol. The lowest BCUT2D eigenvalue weighted by molar-refractivity contribution is 1.11. The molecule has 2 aromatic heterocycles. The largest absolute Gasteiger partial charge is 0.386 e. The molecular weight excluding hydrogens is 140 g/mol. The SMILES string of the molecule is CNc1cnc2nccn2c1. The molecular formula is C7H8N4. The predicted octanol–water partition coefficient (Wildman–Crippen LogP) is 0.771. The lowest BCUT2D eigenvalue weighted by atomic mass is 10.5. The zero-order valence-electron chi connectivity index (χ0n) is 6.15. The summed E-state index contributed by atoms with van der Waals surface area (Å²) in [4.78, 5) is 8.12. The summed E-state index contributed by atoms with van der Waals surface area (Å²) in [5, 5.41) is 3.00. The minimum atomic E-state index is 0.726. The van der Waals surface area contributed by atoms with Crippen LogP contribution in [0, 0.1) is 0 Å². The highest BCUT2D eigenvalue weighted by Gasteiger charge is 1.93. The number of rotatable bonds is 1. The van der Waals surface area contributed by atoms with Crippen molar-refractivity contribution in [1.29, 1.82) is 0 Å². The van der Waals surface area contributed by atoms with Crippen molar-refractivity contribution in [3.05, 3.63) is 24.8 Å². The van der Waals surface area contributed by atoms with E-state index in [1.54, 1.807) is 12.4 Å². The molecule has 2 heterocycles. The topological polar surface area (TPSA) is 42.2 Å². The van der Waals surface area contributed by atoms with Crippen molar-refractivity contribution in [2.75, 3.05) is 12.4 Å². The van der Waals surface area contributed by atoms with E-state index in [0.717, 1.165) is 11.5 Å². The molecule has 0 saturated heterocycles. The van der Waals surface area contributed by atoms with Crippen molar-refractivity contribution in [3.8, 4) is 0 Å². The molecule has 0 spiro atoms. The van der Waals surface area contributed by atoms with Crippen LogP contribution in [-0.4, -0.2) is 21.4 Å². The zero-order chi connectivity index (χ0) is 7.68. The third-order valence-corrected chi connectivity index (χ3v) is 1.53. The van der Waals surface area contributed by atoms with Crippen LogP contribution < -0.4 is 5.32 Å². The Morgan fingerprint density at radius 3 is 3.18 bits per heavy atom. The van der Waals surface area contributed by atoms with Crippen molar-refractivity contribution in [3.63, 3.8) is 0 Å². The van der Waals surface area contributed by atoms with Crippen LogP contribution in [0.25, 0.3) is 5.78 Å². The van der Waals surface area contributed by atoms with E-state index in [9.17, 15) is 0 Å². The second-order valence-electron chi connectivity index (χ2n) is 2.23. The Labute approximate surface area is 63.9 Å². The predicted molar refractivity (Wildman–Crippen MR) is 42.5 cm³/mol. The van der Waals surface area contributed by atoms with Gasteiger partial charge >= 0.3 is 0 Å². The van der Waals surface area contributed by atoms with E-state index in [0.29, 0.717) is 0 Å². The van der Waals surface area contributed by atoms with E-state index in [4.69, 9.17) is 0 Å². The molecule has 1 N–H and O–H groups in total. The monoisotopic (exact) mass is 148 g/mol. The smallest absolute Gasteiger partial charge is 0.233 e. The summed E-state index contributed by atoms with van der Waals surface area (Å²) in [6.45, 7) is 0. The van der Waals surface area contributed by atoms with E-state index >= 15 is 0 Å². The van der Waals surface area contributed by atoms with Crippen LogP contribution >= 0.6 is 0 Å². The van der Waals surface area contributed by atoms with E-state index in [1.165, 1.54) is 0 Å². The van der Waals surface area contributed by atoms with Crippen LogP contribution in [0.15, 0.2) is 24.8 Å². The van der Waals surface area contributed by atoms with Gasteiger partial charge in [-0.3, -0.25) is 4.40 Å². The molecule has 0 bridgehead atoms. The van der Waals surface area contributed by atoms with Crippen LogP contribution in [-0.2, 0) is 0 Å². The first-order valence-corrected chi connectivity index (χ1v) is 3.36. The maximum atomic E-state index is 4.10. The summed E-state index contributed by atoms with van der Waals surface area (Å²) in [5.74, 6) is 0.726. The van der Waals surface area contributed by atoms with Gasteiger partial charge in [-0.1, -0.05) is 0 Å². The number of hydrogen-bond donors (Lipinski definition) is 1. The van der Waals surface area contributed by atoms with Crippen LogP contribution in [0.3, 0.4) is 0 Å². The second kappa shape index (κ2) is 2.23. The molecule has 0 unspecified atom stereocenters. The fourth-order valence-electron chi connectivity index (χ4n) is 0.945. The van der Waals surface area contributed by atoms with Crippen LogP contribution in [0.4, 0.5) is 5.69 Å². The first-order chi connectivity index (χ1) is 5.40. The molecule has 2 aromatic rings. The van der Waals surface area contributed by atoms with Gasteiger partial charge in [0.1, 0.15) is 0 Å². The highest BCUT2D eigenvalue weighted by atomic mass is 15.1. The number of imidazole rings is 1. The first kappa shape index (κ1) is 6.15. The molecule has 0 amide bonds. The third-order valence-electron chi connectivity index (χ3n) is 1.53. The second-order valence-corrected chi connectivity index (χ2v) is 2.23. The van der Waals surface area contributed by atoms with Gasteiger partial charge in [0.15, 0.2) is 0 Å². The van der Waals surface area contributed by atoms with E-state index in [1.807, 2.05) is 23.8 Å². The zero-order valence-corrected chi connectivity index (χ0v) is 6.15. The minimum absolute atomic E-state index is 0.726. The lowest BCUT2D eigenvalue weighted by Crippen LogP contribution is -1.93. The molecule has 2 rings (SSSR count). The molecule has 0 aliphatic rings. The van der Waals surface area contributed by atoms with Crippen molar-refractivity contribution in [2.45, 2.75) is 0 Å². The lowest BCUT2D eigenvalue weighted by Gasteiger charge is -1.98. The Hall–Kier alpha value is -1.58. The molecule has 0 aliphatic carbocycles. The molecule has 56 valence electrons. The molecule has 11 heavy (non-hydrogen) atoms. The highest BCUT2D eigenvalue weighted by Crippen LogP contribution is 2.04. The van der Waals surface area contributed by atoms with Crippen LogP contribution in [0.5, 0.6) is 0 Å². The fourth-order valence-corrected chi connectivity index (χ4v) is 0.945. The van der Waals surface area contributed by atoms with E-state index in [-0.39, 0.29) is 0 Å². The Balaban J connectivity index is 2.67. The molecule has 0 atom stereocenters. The summed E-state index contributed by atoms with van der Waals surface area (Å²) in [6, 6.07) is 0. The van der Waals surface area contributed by atoms with Crippen molar-refractivity contribution in [1.82, 2.24) is 14.4 Å². The van der Waals surface area contributed by atoms with Crippen molar-refractivity contribution in [2.24, 2.45) is 0 Å². The normalized spacial score (nSPS) is 10.3. The molecule has 0 fully saturated rings. The number of nitrogens with zero attached hydrogens (tertiary/aromatic N) is 3. The van der Waals surface area contributed by atoms with Gasteiger partial charge in [0.25, 0.3) is 0 Å². The van der Waals surface area contributed by atoms with Gasteiger partial charge in [0.05, 0.1) is 11.9 Å². The molecule has 0 radical (unpaired) electrons. The third kappa shape index (κ3) is 0.920. The van der Waals surface area contributed by atoms with Gasteiger partial charge in [-0.05, 0) is 0 Å². The van der Waals surface area contributed by atoms with Crippen molar-refractivity contribution < 1.29 is 0 Å². The molecule has 4 heteroatoms. The Bertz CT molecular complexity index is 365. The standard InChI is InChI=1S/C7H8N4/c1-8-6-4-10-7-9-2-3-11(7)5-6/h2-5,8H,1H3. The van der Waals surface area contributed by atoms with Gasteiger partial charge in [0.2, 0.25) is 5.78 Å².